The first-order valence-corrected chi connectivity index (χ1v) is 11.4. The lowest BCUT2D eigenvalue weighted by Gasteiger charge is -2.55. The number of H-pyrrole nitrogens is 1. The molecule has 1 aromatic heterocycles. The molecule has 1 saturated carbocycles. The van der Waals surface area contributed by atoms with Crippen LogP contribution in [-0.4, -0.2) is 40.0 Å². The summed E-state index contributed by atoms with van der Waals surface area (Å²) in [6, 6.07) is 7.74. The van der Waals surface area contributed by atoms with Gasteiger partial charge in [0.15, 0.2) is 0 Å². The predicted octanol–water partition coefficient (Wildman–Crippen LogP) is 2.64. The van der Waals surface area contributed by atoms with Crippen molar-refractivity contribution in [2.24, 2.45) is 17.6 Å². The van der Waals surface area contributed by atoms with Gasteiger partial charge in [-0.05, 0) is 99.2 Å². The van der Waals surface area contributed by atoms with Crippen molar-refractivity contribution in [1.82, 2.24) is 9.88 Å². The SMILES string of the molecule is Cc1ccc(O)cc1[C@]12CCN(CC3CC3)C(C)C1Cc1cc(C(N)=O)c(=O)[nH]c1C2. The Morgan fingerprint density at radius 2 is 2.10 bits per heavy atom. The molecule has 6 nitrogen and oxygen atoms in total. The number of benzene rings is 1. The summed E-state index contributed by atoms with van der Waals surface area (Å²) >= 11 is 0. The minimum absolute atomic E-state index is 0.0399. The van der Waals surface area contributed by atoms with Gasteiger partial charge < -0.3 is 20.7 Å². The summed E-state index contributed by atoms with van der Waals surface area (Å²) in [4.78, 5) is 29.9. The molecule has 2 fully saturated rings. The Labute approximate surface area is 182 Å². The first-order chi connectivity index (χ1) is 14.8. The van der Waals surface area contributed by atoms with E-state index in [0.29, 0.717) is 18.4 Å². The lowest BCUT2D eigenvalue weighted by molar-refractivity contribution is 0.0246. The second kappa shape index (κ2) is 7.23. The van der Waals surface area contributed by atoms with Crippen LogP contribution < -0.4 is 11.3 Å². The minimum atomic E-state index is -0.684. The quantitative estimate of drug-likeness (QED) is 0.707. The van der Waals surface area contributed by atoms with Crippen molar-refractivity contribution in [3.8, 4) is 5.75 Å². The molecule has 164 valence electrons. The van der Waals surface area contributed by atoms with Crippen molar-refractivity contribution in [3.05, 3.63) is 62.6 Å². The summed E-state index contributed by atoms with van der Waals surface area (Å²) in [7, 11) is 0. The minimum Gasteiger partial charge on any atom is -0.508 e. The van der Waals surface area contributed by atoms with E-state index in [1.807, 2.05) is 12.1 Å². The Hall–Kier alpha value is -2.60. The number of rotatable bonds is 4. The van der Waals surface area contributed by atoms with E-state index in [0.717, 1.165) is 43.1 Å². The van der Waals surface area contributed by atoms with Crippen LogP contribution in [0.4, 0.5) is 0 Å². The molecular formula is C25H31N3O3. The van der Waals surface area contributed by atoms with Crippen molar-refractivity contribution in [1.29, 1.82) is 0 Å². The van der Waals surface area contributed by atoms with E-state index in [9.17, 15) is 14.7 Å². The number of phenolic OH excluding ortho intramolecular Hbond substituents is 1. The number of aromatic hydroxyl groups is 1. The summed E-state index contributed by atoms with van der Waals surface area (Å²) in [5.74, 6) is 0.743. The van der Waals surface area contributed by atoms with E-state index in [1.165, 1.54) is 24.0 Å². The number of aryl methyl sites for hydroxylation is 1. The Morgan fingerprint density at radius 1 is 1.32 bits per heavy atom. The molecule has 5 rings (SSSR count). The van der Waals surface area contributed by atoms with Gasteiger partial charge in [-0.25, -0.2) is 0 Å². The Bertz CT molecular complexity index is 1100. The first-order valence-electron chi connectivity index (χ1n) is 11.4. The average molecular weight is 422 g/mol. The Balaban J connectivity index is 1.63. The molecule has 1 aromatic carbocycles. The van der Waals surface area contributed by atoms with Gasteiger partial charge in [-0.1, -0.05) is 6.07 Å². The number of aromatic nitrogens is 1. The number of hydrogen-bond acceptors (Lipinski definition) is 4. The standard InChI is InChI=1S/C25H31N3O3/c1-14-3-6-18(29)11-20(14)25-7-8-28(13-16-4-5-16)15(2)21(25)10-17-9-19(23(26)30)24(31)27-22(17)12-25/h3,6,9,11,15-16,21,29H,4-5,7-8,10,12-13H2,1-2H3,(H2,26,30)(H,27,31)/t15?,21?,25-/m1/s1. The van der Waals surface area contributed by atoms with E-state index in [1.54, 1.807) is 12.1 Å². The van der Waals surface area contributed by atoms with Crippen LogP contribution in [0.25, 0.3) is 0 Å². The number of fused-ring (bicyclic) bond motifs is 2. The van der Waals surface area contributed by atoms with Crippen molar-refractivity contribution in [3.63, 3.8) is 0 Å². The van der Waals surface area contributed by atoms with E-state index in [2.05, 4.69) is 23.7 Å². The third kappa shape index (κ3) is 3.37. The predicted molar refractivity (Wildman–Crippen MR) is 119 cm³/mol. The highest BCUT2D eigenvalue weighted by atomic mass is 16.3. The van der Waals surface area contributed by atoms with Gasteiger partial charge in [0, 0.05) is 23.7 Å². The summed E-state index contributed by atoms with van der Waals surface area (Å²) in [6.45, 7) is 6.60. The normalized spacial score (nSPS) is 28.1. The molecule has 2 aromatic rings. The fraction of sp³-hybridized carbons (Fsp3) is 0.520. The maximum Gasteiger partial charge on any atom is 0.261 e. The van der Waals surface area contributed by atoms with Gasteiger partial charge in [-0.2, -0.15) is 0 Å². The number of carbonyl (C=O) groups is 1. The molecule has 6 heteroatoms. The maximum absolute atomic E-state index is 12.5. The number of phenols is 1. The topological polar surface area (TPSA) is 99.4 Å². The molecule has 0 spiro atoms. The van der Waals surface area contributed by atoms with Gasteiger partial charge in [0.05, 0.1) is 0 Å². The van der Waals surface area contributed by atoms with Gasteiger partial charge in [0.2, 0.25) is 0 Å². The largest absolute Gasteiger partial charge is 0.508 e. The molecular weight excluding hydrogens is 390 g/mol. The monoisotopic (exact) mass is 421 g/mol. The van der Waals surface area contributed by atoms with Crippen LogP contribution >= 0.6 is 0 Å². The Kier molecular flexibility index (Phi) is 4.74. The van der Waals surface area contributed by atoms with Crippen molar-refractivity contribution in [2.75, 3.05) is 13.1 Å². The third-order valence-corrected chi connectivity index (χ3v) is 8.07. The number of nitrogens with two attached hydrogens (primary N) is 1. The molecule has 0 bridgehead atoms. The van der Waals surface area contributed by atoms with Crippen LogP contribution in [0.5, 0.6) is 5.75 Å². The van der Waals surface area contributed by atoms with Gasteiger partial charge in [-0.15, -0.1) is 0 Å². The number of carbonyl (C=O) groups excluding carboxylic acids is 1. The lowest BCUT2D eigenvalue weighted by atomic mass is 9.55. The maximum atomic E-state index is 12.5. The highest BCUT2D eigenvalue weighted by Gasteiger charge is 2.51. The molecule has 31 heavy (non-hydrogen) atoms. The molecule has 2 unspecified atom stereocenters. The molecule has 3 atom stereocenters. The van der Waals surface area contributed by atoms with Crippen LogP contribution in [0.1, 0.15) is 58.9 Å². The van der Waals surface area contributed by atoms with Gasteiger partial charge >= 0.3 is 0 Å². The van der Waals surface area contributed by atoms with Crippen LogP contribution in [-0.2, 0) is 18.3 Å². The first kappa shape index (κ1) is 20.3. The highest BCUT2D eigenvalue weighted by Crippen LogP contribution is 2.51. The number of amides is 1. The van der Waals surface area contributed by atoms with Gasteiger partial charge in [0.25, 0.3) is 11.5 Å². The fourth-order valence-electron chi connectivity index (χ4n) is 6.19. The number of hydrogen-bond donors (Lipinski definition) is 3. The second-order valence-corrected chi connectivity index (χ2v) is 9.95. The van der Waals surface area contributed by atoms with Crippen LogP contribution in [0.15, 0.2) is 29.1 Å². The van der Waals surface area contributed by atoms with E-state index < -0.39 is 11.5 Å². The van der Waals surface area contributed by atoms with Crippen molar-refractivity contribution < 1.29 is 9.90 Å². The number of nitrogens with one attached hydrogen (secondary N) is 1. The molecule has 1 amide bonds. The van der Waals surface area contributed by atoms with Gasteiger partial charge in [-0.3, -0.25) is 9.59 Å². The average Bonchev–Trinajstić information content (AvgIpc) is 3.54. The summed E-state index contributed by atoms with van der Waals surface area (Å²) in [6.07, 6.45) is 5.13. The number of nitrogens with zero attached hydrogens (tertiary/aromatic N) is 1. The zero-order valence-corrected chi connectivity index (χ0v) is 18.3. The molecule has 1 aliphatic heterocycles. The fourth-order valence-corrected chi connectivity index (χ4v) is 6.19. The molecule has 0 radical (unpaired) electrons. The molecule has 1 saturated heterocycles. The molecule has 3 aliphatic rings. The zero-order chi connectivity index (χ0) is 21.9. The highest BCUT2D eigenvalue weighted by molar-refractivity contribution is 5.92. The smallest absolute Gasteiger partial charge is 0.261 e. The summed E-state index contributed by atoms with van der Waals surface area (Å²) < 4.78 is 0. The summed E-state index contributed by atoms with van der Waals surface area (Å²) in [5.41, 5.74) is 9.19. The van der Waals surface area contributed by atoms with Crippen LogP contribution in [0, 0.1) is 18.8 Å². The van der Waals surface area contributed by atoms with E-state index >= 15 is 0 Å². The number of primary amides is 1. The van der Waals surface area contributed by atoms with Crippen molar-refractivity contribution >= 4 is 5.91 Å². The van der Waals surface area contributed by atoms with Crippen LogP contribution in [0.2, 0.25) is 0 Å². The number of likely N-dealkylation sites (tertiary alicyclic amines) is 1. The zero-order valence-electron chi connectivity index (χ0n) is 18.3. The van der Waals surface area contributed by atoms with Gasteiger partial charge in [0.1, 0.15) is 11.3 Å². The molecule has 2 heterocycles. The molecule has 2 aliphatic carbocycles. The van der Waals surface area contributed by atoms with E-state index in [4.69, 9.17) is 5.73 Å². The number of piperidine rings is 1. The molecule has 4 N–H and O–H groups in total. The third-order valence-electron chi connectivity index (χ3n) is 8.07. The van der Waals surface area contributed by atoms with Crippen LogP contribution in [0.3, 0.4) is 0 Å². The number of pyridine rings is 1. The second-order valence-electron chi connectivity index (χ2n) is 9.95. The summed E-state index contributed by atoms with van der Waals surface area (Å²) in [5, 5.41) is 10.3. The van der Waals surface area contributed by atoms with E-state index in [-0.39, 0.29) is 16.7 Å². The lowest BCUT2D eigenvalue weighted by Crippen LogP contribution is -2.59. The Morgan fingerprint density at radius 3 is 2.81 bits per heavy atom. The van der Waals surface area contributed by atoms with Crippen molar-refractivity contribution in [2.45, 2.75) is 57.4 Å². The number of aromatic amines is 1.